The molecule has 1 atom stereocenters. The number of carbonyl (C=O) groups is 1. The molecule has 0 fully saturated rings. The highest BCUT2D eigenvalue weighted by Gasteiger charge is 2.15. The van der Waals surface area contributed by atoms with Crippen LogP contribution in [0.15, 0.2) is 48.5 Å². The van der Waals surface area contributed by atoms with Gasteiger partial charge in [0.15, 0.2) is 0 Å². The first-order chi connectivity index (χ1) is 12.5. The summed E-state index contributed by atoms with van der Waals surface area (Å²) in [6, 6.07) is 14.6. The smallest absolute Gasteiger partial charge is 0.268 e. The second kappa shape index (κ2) is 7.99. The summed E-state index contributed by atoms with van der Waals surface area (Å²) >= 11 is 11.9. The van der Waals surface area contributed by atoms with Crippen molar-refractivity contribution in [2.45, 2.75) is 6.10 Å². The Bertz CT molecular complexity index is 940. The zero-order chi connectivity index (χ0) is 18.7. The number of hydrogen-bond acceptors (Lipinski definition) is 3. The number of nitrogens with zero attached hydrogens (tertiary/aromatic N) is 1. The van der Waals surface area contributed by atoms with Crippen LogP contribution in [0.5, 0.6) is 5.75 Å². The van der Waals surface area contributed by atoms with Gasteiger partial charge in [0.25, 0.3) is 5.91 Å². The van der Waals surface area contributed by atoms with Crippen LogP contribution in [0.3, 0.4) is 0 Å². The van der Waals surface area contributed by atoms with Crippen LogP contribution in [0, 0.1) is 0 Å². The fourth-order valence-electron chi connectivity index (χ4n) is 2.65. The van der Waals surface area contributed by atoms with Crippen molar-refractivity contribution in [2.24, 2.45) is 7.05 Å². The number of aryl methyl sites for hydroxylation is 1. The van der Waals surface area contributed by atoms with Gasteiger partial charge >= 0.3 is 0 Å². The van der Waals surface area contributed by atoms with Gasteiger partial charge in [0.1, 0.15) is 29.2 Å². The van der Waals surface area contributed by atoms with Gasteiger partial charge in [-0.05, 0) is 24.3 Å². The average Bonchev–Trinajstić information content (AvgIpc) is 2.98. The molecule has 0 aliphatic carbocycles. The summed E-state index contributed by atoms with van der Waals surface area (Å²) in [6.45, 7) is 0.0357. The topological polar surface area (TPSA) is 63.5 Å². The second-order valence-corrected chi connectivity index (χ2v) is 6.66. The molecule has 1 amide bonds. The minimum Gasteiger partial charge on any atom is -0.489 e. The Morgan fingerprint density at radius 3 is 2.77 bits per heavy atom. The third-order valence-electron chi connectivity index (χ3n) is 4.03. The van der Waals surface area contributed by atoms with Gasteiger partial charge in [0, 0.05) is 24.5 Å². The Labute approximate surface area is 161 Å². The fraction of sp³-hybridized carbons (Fsp3) is 0.211. The number of halogens is 2. The molecular weight excluding hydrogens is 375 g/mol. The van der Waals surface area contributed by atoms with Crippen LogP contribution in [0.2, 0.25) is 10.0 Å². The number of aromatic nitrogens is 1. The molecule has 0 saturated carbocycles. The quantitative estimate of drug-likeness (QED) is 0.672. The van der Waals surface area contributed by atoms with E-state index in [4.69, 9.17) is 27.9 Å². The van der Waals surface area contributed by atoms with Crippen LogP contribution in [0.1, 0.15) is 10.5 Å². The van der Waals surface area contributed by atoms with Gasteiger partial charge < -0.3 is 19.7 Å². The van der Waals surface area contributed by atoms with E-state index in [1.54, 1.807) is 18.2 Å². The van der Waals surface area contributed by atoms with Crippen molar-refractivity contribution in [2.75, 3.05) is 13.2 Å². The molecule has 0 aliphatic rings. The maximum atomic E-state index is 12.4. The van der Waals surface area contributed by atoms with E-state index < -0.39 is 6.10 Å². The zero-order valence-electron chi connectivity index (χ0n) is 14.1. The number of amides is 1. The first-order valence-corrected chi connectivity index (χ1v) is 8.80. The largest absolute Gasteiger partial charge is 0.489 e. The molecule has 0 spiro atoms. The van der Waals surface area contributed by atoms with Crippen LogP contribution in [0.4, 0.5) is 0 Å². The number of nitrogens with one attached hydrogen (secondary N) is 1. The maximum absolute atomic E-state index is 12.4. The lowest BCUT2D eigenvalue weighted by atomic mass is 10.2. The molecule has 5 nitrogen and oxygen atoms in total. The van der Waals surface area contributed by atoms with E-state index in [2.05, 4.69) is 5.32 Å². The van der Waals surface area contributed by atoms with Gasteiger partial charge in [-0.1, -0.05) is 47.5 Å². The Morgan fingerprint density at radius 2 is 2.00 bits per heavy atom. The van der Waals surface area contributed by atoms with E-state index in [1.165, 1.54) is 0 Å². The summed E-state index contributed by atoms with van der Waals surface area (Å²) in [5.41, 5.74) is 1.49. The lowest BCUT2D eigenvalue weighted by molar-refractivity contribution is 0.0838. The predicted molar refractivity (Wildman–Crippen MR) is 103 cm³/mol. The summed E-state index contributed by atoms with van der Waals surface area (Å²) in [4.78, 5) is 12.4. The summed E-state index contributed by atoms with van der Waals surface area (Å²) in [6.07, 6.45) is -0.885. The highest BCUT2D eigenvalue weighted by Crippen LogP contribution is 2.31. The van der Waals surface area contributed by atoms with E-state index in [-0.39, 0.29) is 19.1 Å². The Kier molecular flexibility index (Phi) is 5.71. The molecule has 1 aromatic heterocycles. The summed E-state index contributed by atoms with van der Waals surface area (Å²) < 4.78 is 7.28. The van der Waals surface area contributed by atoms with Gasteiger partial charge in [-0.2, -0.15) is 0 Å². The SMILES string of the molecule is Cn1c(C(=O)NCC(O)COc2cccc(Cl)c2Cl)cc2ccccc21. The minimum absolute atomic E-state index is 0.0184. The lowest BCUT2D eigenvalue weighted by Crippen LogP contribution is -2.36. The molecule has 0 radical (unpaired) electrons. The normalized spacial score (nSPS) is 12.2. The number of ether oxygens (including phenoxy) is 1. The molecule has 1 heterocycles. The summed E-state index contributed by atoms with van der Waals surface area (Å²) in [7, 11) is 1.83. The molecule has 26 heavy (non-hydrogen) atoms. The number of rotatable bonds is 6. The maximum Gasteiger partial charge on any atom is 0.268 e. The molecule has 0 saturated heterocycles. The molecule has 0 bridgehead atoms. The molecule has 0 aliphatic heterocycles. The van der Waals surface area contributed by atoms with E-state index in [9.17, 15) is 9.90 Å². The van der Waals surface area contributed by atoms with E-state index in [0.29, 0.717) is 21.5 Å². The van der Waals surface area contributed by atoms with Gasteiger partial charge in [-0.25, -0.2) is 0 Å². The van der Waals surface area contributed by atoms with Crippen molar-refractivity contribution in [3.8, 4) is 5.75 Å². The number of aliphatic hydroxyl groups is 1. The Balaban J connectivity index is 1.57. The van der Waals surface area contributed by atoms with Crippen LogP contribution < -0.4 is 10.1 Å². The van der Waals surface area contributed by atoms with Crippen molar-refractivity contribution in [3.05, 3.63) is 64.3 Å². The highest BCUT2D eigenvalue weighted by molar-refractivity contribution is 6.42. The van der Waals surface area contributed by atoms with Gasteiger partial charge in [-0.15, -0.1) is 0 Å². The average molecular weight is 393 g/mol. The molecule has 1 unspecified atom stereocenters. The van der Waals surface area contributed by atoms with Crippen molar-refractivity contribution >= 4 is 40.0 Å². The van der Waals surface area contributed by atoms with E-state index in [1.807, 2.05) is 41.9 Å². The first kappa shape index (κ1) is 18.6. The third-order valence-corrected chi connectivity index (χ3v) is 4.83. The number of aliphatic hydroxyl groups excluding tert-OH is 1. The zero-order valence-corrected chi connectivity index (χ0v) is 15.6. The van der Waals surface area contributed by atoms with Gasteiger partial charge in [-0.3, -0.25) is 4.79 Å². The molecule has 2 N–H and O–H groups in total. The minimum atomic E-state index is -0.885. The lowest BCUT2D eigenvalue weighted by Gasteiger charge is -2.14. The molecule has 2 aromatic carbocycles. The Morgan fingerprint density at radius 1 is 1.23 bits per heavy atom. The van der Waals surface area contributed by atoms with Crippen LogP contribution in [-0.4, -0.2) is 34.8 Å². The van der Waals surface area contributed by atoms with Crippen LogP contribution in [-0.2, 0) is 7.05 Å². The molecule has 3 rings (SSSR count). The monoisotopic (exact) mass is 392 g/mol. The number of hydrogen-bond donors (Lipinski definition) is 2. The first-order valence-electron chi connectivity index (χ1n) is 8.05. The van der Waals surface area contributed by atoms with Crippen molar-refractivity contribution < 1.29 is 14.6 Å². The van der Waals surface area contributed by atoms with Gasteiger partial charge in [0.05, 0.1) is 5.02 Å². The van der Waals surface area contributed by atoms with Crippen LogP contribution in [0.25, 0.3) is 10.9 Å². The number of carbonyl (C=O) groups excluding carboxylic acids is 1. The van der Waals surface area contributed by atoms with E-state index in [0.717, 1.165) is 10.9 Å². The van der Waals surface area contributed by atoms with Crippen molar-refractivity contribution in [1.29, 1.82) is 0 Å². The van der Waals surface area contributed by atoms with Crippen molar-refractivity contribution in [1.82, 2.24) is 9.88 Å². The standard InChI is InChI=1S/C19H18Cl2N2O3/c1-23-15-7-3-2-5-12(15)9-16(23)19(25)22-10-13(24)11-26-17-8-4-6-14(20)18(17)21/h2-9,13,24H,10-11H2,1H3,(H,22,25). The van der Waals surface area contributed by atoms with Crippen molar-refractivity contribution in [3.63, 3.8) is 0 Å². The second-order valence-electron chi connectivity index (χ2n) is 5.87. The number of para-hydroxylation sites is 1. The number of benzene rings is 2. The number of fused-ring (bicyclic) bond motifs is 1. The van der Waals surface area contributed by atoms with Gasteiger partial charge in [0.2, 0.25) is 0 Å². The third kappa shape index (κ3) is 3.96. The highest BCUT2D eigenvalue weighted by atomic mass is 35.5. The summed E-state index contributed by atoms with van der Waals surface area (Å²) in [5.74, 6) is 0.127. The fourth-order valence-corrected chi connectivity index (χ4v) is 2.99. The van der Waals surface area contributed by atoms with E-state index >= 15 is 0 Å². The molecule has 3 aromatic rings. The summed E-state index contributed by atoms with van der Waals surface area (Å²) in [5, 5.41) is 14.4. The predicted octanol–water partition coefficient (Wildman–Crippen LogP) is 3.65. The molecular formula is C19H18Cl2N2O3. The molecule has 136 valence electrons. The molecule has 7 heteroatoms. The Hall–Kier alpha value is -2.21. The van der Waals surface area contributed by atoms with Crippen LogP contribution >= 0.6 is 23.2 Å².